The van der Waals surface area contributed by atoms with Crippen LogP contribution < -0.4 is 9.64 Å². The number of halogens is 1. The van der Waals surface area contributed by atoms with E-state index < -0.39 is 6.04 Å². The molecular weight excluding hydrogens is 360 g/mol. The van der Waals surface area contributed by atoms with E-state index in [0.717, 1.165) is 0 Å². The van der Waals surface area contributed by atoms with Crippen LogP contribution in [0.25, 0.3) is 0 Å². The number of hydrogen-bond acceptors (Lipinski definition) is 6. The van der Waals surface area contributed by atoms with E-state index in [1.54, 1.807) is 18.2 Å². The highest BCUT2D eigenvalue weighted by atomic mass is 35.5. The van der Waals surface area contributed by atoms with Gasteiger partial charge in [0.05, 0.1) is 43.3 Å². The first-order valence-corrected chi connectivity index (χ1v) is 8.86. The maximum Gasteiger partial charge on any atom is 0.308 e. The number of esters is 1. The molecular formula is C18H21ClN2O5. The van der Waals surface area contributed by atoms with Crippen molar-refractivity contribution < 1.29 is 23.9 Å². The maximum absolute atomic E-state index is 12.9. The van der Waals surface area contributed by atoms with Crippen LogP contribution in [0, 0.1) is 5.92 Å². The van der Waals surface area contributed by atoms with E-state index in [1.165, 1.54) is 19.1 Å². The van der Waals surface area contributed by atoms with Gasteiger partial charge in [0, 0.05) is 0 Å². The standard InChI is InChI=1S/C18H21ClN2O5/c1-25-15-4-3-12(9-13(15)19)21-16(22)10-14(17(21)23)20-7-5-11(6-8-20)18(24)26-2/h3-4,9,11,14H,5-8,10H2,1-2H3/t14-/m0/s1. The lowest BCUT2D eigenvalue weighted by Gasteiger charge is -2.33. The fourth-order valence-electron chi connectivity index (χ4n) is 3.58. The van der Waals surface area contributed by atoms with E-state index in [2.05, 4.69) is 0 Å². The highest BCUT2D eigenvalue weighted by Crippen LogP contribution is 2.33. The van der Waals surface area contributed by atoms with Crippen LogP contribution in [0.3, 0.4) is 0 Å². The summed E-state index contributed by atoms with van der Waals surface area (Å²) in [6.07, 6.45) is 1.38. The van der Waals surface area contributed by atoms with Gasteiger partial charge in [-0.3, -0.25) is 19.3 Å². The number of carbonyl (C=O) groups excluding carboxylic acids is 3. The Hall–Kier alpha value is -2.12. The molecule has 0 aliphatic carbocycles. The first-order valence-electron chi connectivity index (χ1n) is 8.48. The Kier molecular flexibility index (Phi) is 5.48. The Bertz CT molecular complexity index is 730. The molecule has 0 aromatic heterocycles. The molecule has 8 heteroatoms. The molecule has 2 aliphatic heterocycles. The molecule has 2 amide bonds. The number of hydrogen-bond donors (Lipinski definition) is 0. The molecule has 2 fully saturated rings. The largest absolute Gasteiger partial charge is 0.495 e. The number of nitrogens with zero attached hydrogens (tertiary/aromatic N) is 2. The molecule has 2 heterocycles. The van der Waals surface area contributed by atoms with Crippen LogP contribution in [0.15, 0.2) is 18.2 Å². The number of ether oxygens (including phenoxy) is 2. The fourth-order valence-corrected chi connectivity index (χ4v) is 3.83. The quantitative estimate of drug-likeness (QED) is 0.586. The highest BCUT2D eigenvalue weighted by Gasteiger charge is 2.44. The number of piperidine rings is 1. The van der Waals surface area contributed by atoms with Gasteiger partial charge < -0.3 is 9.47 Å². The van der Waals surface area contributed by atoms with Crippen molar-refractivity contribution in [2.24, 2.45) is 5.92 Å². The second-order valence-corrected chi connectivity index (χ2v) is 6.85. The molecule has 7 nitrogen and oxygen atoms in total. The molecule has 3 rings (SSSR count). The van der Waals surface area contributed by atoms with Gasteiger partial charge in [0.25, 0.3) is 5.91 Å². The van der Waals surface area contributed by atoms with E-state index in [9.17, 15) is 14.4 Å². The van der Waals surface area contributed by atoms with Crippen molar-refractivity contribution in [1.29, 1.82) is 0 Å². The highest BCUT2D eigenvalue weighted by molar-refractivity contribution is 6.33. The smallest absolute Gasteiger partial charge is 0.308 e. The minimum absolute atomic E-state index is 0.130. The van der Waals surface area contributed by atoms with Gasteiger partial charge in [0.1, 0.15) is 5.75 Å². The summed E-state index contributed by atoms with van der Waals surface area (Å²) in [5.41, 5.74) is 0.442. The van der Waals surface area contributed by atoms with Crippen LogP contribution in [-0.4, -0.2) is 56.0 Å². The van der Waals surface area contributed by atoms with Gasteiger partial charge in [-0.1, -0.05) is 11.6 Å². The zero-order valence-corrected chi connectivity index (χ0v) is 15.5. The van der Waals surface area contributed by atoms with Gasteiger partial charge in [-0.25, -0.2) is 4.90 Å². The molecule has 2 aliphatic rings. The molecule has 0 unspecified atom stereocenters. The summed E-state index contributed by atoms with van der Waals surface area (Å²) in [5, 5.41) is 0.341. The van der Waals surface area contributed by atoms with Crippen LogP contribution in [0.1, 0.15) is 19.3 Å². The van der Waals surface area contributed by atoms with Crippen LogP contribution >= 0.6 is 11.6 Å². The van der Waals surface area contributed by atoms with E-state index in [4.69, 9.17) is 21.1 Å². The van der Waals surface area contributed by atoms with Gasteiger partial charge in [0.2, 0.25) is 5.91 Å². The number of likely N-dealkylation sites (tertiary alicyclic amines) is 1. The Balaban J connectivity index is 1.72. The Morgan fingerprint density at radius 2 is 1.88 bits per heavy atom. The molecule has 1 aromatic rings. The number of imide groups is 1. The van der Waals surface area contributed by atoms with Crippen molar-refractivity contribution in [3.05, 3.63) is 23.2 Å². The first-order chi connectivity index (χ1) is 12.5. The minimum atomic E-state index is -0.498. The Morgan fingerprint density at radius 1 is 1.19 bits per heavy atom. The molecule has 26 heavy (non-hydrogen) atoms. The maximum atomic E-state index is 12.9. The Morgan fingerprint density at radius 3 is 2.46 bits per heavy atom. The van der Waals surface area contributed by atoms with Crippen molar-refractivity contribution in [1.82, 2.24) is 4.90 Å². The van der Waals surface area contributed by atoms with Crippen molar-refractivity contribution in [3.8, 4) is 5.75 Å². The third kappa shape index (κ3) is 3.41. The minimum Gasteiger partial charge on any atom is -0.495 e. The summed E-state index contributed by atoms with van der Waals surface area (Å²) >= 11 is 6.12. The monoisotopic (exact) mass is 380 g/mol. The second kappa shape index (κ2) is 7.63. The van der Waals surface area contributed by atoms with E-state index >= 15 is 0 Å². The average Bonchev–Trinajstić information content (AvgIpc) is 2.95. The summed E-state index contributed by atoms with van der Waals surface area (Å²) < 4.78 is 9.89. The third-order valence-corrected chi connectivity index (χ3v) is 5.32. The van der Waals surface area contributed by atoms with Crippen LogP contribution in [0.4, 0.5) is 5.69 Å². The van der Waals surface area contributed by atoms with E-state index in [0.29, 0.717) is 42.4 Å². The molecule has 0 N–H and O–H groups in total. The topological polar surface area (TPSA) is 76.2 Å². The van der Waals surface area contributed by atoms with Gasteiger partial charge >= 0.3 is 5.97 Å². The van der Waals surface area contributed by atoms with Crippen molar-refractivity contribution >= 4 is 35.1 Å². The zero-order chi connectivity index (χ0) is 18.8. The predicted molar refractivity (Wildman–Crippen MR) is 95.2 cm³/mol. The number of anilines is 1. The summed E-state index contributed by atoms with van der Waals surface area (Å²) in [4.78, 5) is 40.1. The summed E-state index contributed by atoms with van der Waals surface area (Å²) in [5.74, 6) is -0.382. The number of carbonyl (C=O) groups is 3. The summed E-state index contributed by atoms with van der Waals surface area (Å²) in [7, 11) is 2.88. The average molecular weight is 381 g/mol. The summed E-state index contributed by atoms with van der Waals surface area (Å²) in [6.45, 7) is 1.17. The molecule has 1 atom stereocenters. The van der Waals surface area contributed by atoms with Crippen LogP contribution in [-0.2, 0) is 19.1 Å². The second-order valence-electron chi connectivity index (χ2n) is 6.44. The lowest BCUT2D eigenvalue weighted by Crippen LogP contribution is -2.46. The summed E-state index contributed by atoms with van der Waals surface area (Å²) in [6, 6.07) is 4.34. The molecule has 0 spiro atoms. The van der Waals surface area contributed by atoms with Gasteiger partial charge in [-0.2, -0.15) is 0 Å². The molecule has 140 valence electrons. The molecule has 1 aromatic carbocycles. The SMILES string of the molecule is COC(=O)C1CCN([C@H]2CC(=O)N(c3ccc(OC)c(Cl)c3)C2=O)CC1. The lowest BCUT2D eigenvalue weighted by atomic mass is 9.95. The fraction of sp³-hybridized carbons (Fsp3) is 0.500. The number of methoxy groups -OCH3 is 2. The van der Waals surface area contributed by atoms with Gasteiger partial charge in [-0.15, -0.1) is 0 Å². The van der Waals surface area contributed by atoms with Crippen molar-refractivity contribution in [3.63, 3.8) is 0 Å². The Labute approximate surface area is 156 Å². The van der Waals surface area contributed by atoms with E-state index in [1.807, 2.05) is 4.90 Å². The van der Waals surface area contributed by atoms with Crippen molar-refractivity contribution in [2.75, 3.05) is 32.2 Å². The lowest BCUT2D eigenvalue weighted by molar-refractivity contribution is -0.147. The van der Waals surface area contributed by atoms with E-state index in [-0.39, 0.29) is 30.1 Å². The molecule has 0 bridgehead atoms. The molecule has 0 saturated carbocycles. The molecule has 2 saturated heterocycles. The normalized spacial score (nSPS) is 22.0. The predicted octanol–water partition coefficient (Wildman–Crippen LogP) is 1.87. The van der Waals surface area contributed by atoms with Crippen LogP contribution in [0.5, 0.6) is 5.75 Å². The number of amides is 2. The first kappa shape index (κ1) is 18.7. The van der Waals surface area contributed by atoms with Gasteiger partial charge in [-0.05, 0) is 44.1 Å². The van der Waals surface area contributed by atoms with Crippen LogP contribution in [0.2, 0.25) is 5.02 Å². The zero-order valence-electron chi connectivity index (χ0n) is 14.7. The van der Waals surface area contributed by atoms with Gasteiger partial charge in [0.15, 0.2) is 0 Å². The van der Waals surface area contributed by atoms with Crippen molar-refractivity contribution in [2.45, 2.75) is 25.3 Å². The molecule has 0 radical (unpaired) electrons. The third-order valence-electron chi connectivity index (χ3n) is 5.02. The number of rotatable bonds is 4. The number of benzene rings is 1.